The molecule has 2 aromatic rings. The fraction of sp³-hybridized carbons (Fsp3) is 0.529. The molecule has 3 rings (SSSR count). The molecule has 7 heteroatoms. The third kappa shape index (κ3) is 3.85. The summed E-state index contributed by atoms with van der Waals surface area (Å²) in [6, 6.07) is 5.61. The van der Waals surface area contributed by atoms with Crippen LogP contribution in [0.5, 0.6) is 0 Å². The van der Waals surface area contributed by atoms with E-state index in [9.17, 15) is 9.90 Å². The van der Waals surface area contributed by atoms with Crippen LogP contribution >= 0.6 is 0 Å². The number of carbonyl (C=O) groups excluding carboxylic acids is 1. The second-order valence-electron chi connectivity index (χ2n) is 6.20. The molecule has 1 aliphatic heterocycles. The predicted molar refractivity (Wildman–Crippen MR) is 89.7 cm³/mol. The lowest BCUT2D eigenvalue weighted by Gasteiger charge is -2.34. The summed E-state index contributed by atoms with van der Waals surface area (Å²) in [6.45, 7) is 4.31. The van der Waals surface area contributed by atoms with E-state index in [0.29, 0.717) is 23.7 Å². The van der Waals surface area contributed by atoms with Gasteiger partial charge < -0.3 is 14.8 Å². The minimum absolute atomic E-state index is 0.180. The van der Waals surface area contributed by atoms with Crippen molar-refractivity contribution in [2.24, 2.45) is 0 Å². The van der Waals surface area contributed by atoms with Gasteiger partial charge in [0.05, 0.1) is 6.61 Å². The fourth-order valence-corrected chi connectivity index (χ4v) is 3.11. The molecule has 1 aliphatic rings. The van der Waals surface area contributed by atoms with E-state index >= 15 is 0 Å². The number of carbonyl (C=O) groups is 1. The molecule has 1 atom stereocenters. The standard InChI is InChI=1S/C17H24N4O3/c1-12-5-6-16(24-12)14-10-15(20-19-14)17(23)18-7-9-21-8-3-2-4-13(21)11-22/h5-6,10,13,22H,2-4,7-9,11H2,1H3,(H,18,23)(H,19,20)/t13-/m1/s1. The molecule has 0 saturated carbocycles. The van der Waals surface area contributed by atoms with Crippen LogP contribution in [0.3, 0.4) is 0 Å². The zero-order valence-electron chi connectivity index (χ0n) is 13.9. The van der Waals surface area contributed by atoms with E-state index in [1.54, 1.807) is 6.07 Å². The van der Waals surface area contributed by atoms with Crippen molar-refractivity contribution < 1.29 is 14.3 Å². The lowest BCUT2D eigenvalue weighted by molar-refractivity contribution is 0.0847. The normalized spacial score (nSPS) is 18.7. The van der Waals surface area contributed by atoms with Crippen molar-refractivity contribution in [3.63, 3.8) is 0 Å². The molecular weight excluding hydrogens is 308 g/mol. The van der Waals surface area contributed by atoms with Gasteiger partial charge in [0.1, 0.15) is 11.5 Å². The minimum atomic E-state index is -0.210. The summed E-state index contributed by atoms with van der Waals surface area (Å²) in [7, 11) is 0. The second kappa shape index (κ2) is 7.63. The van der Waals surface area contributed by atoms with Crippen molar-refractivity contribution in [1.82, 2.24) is 20.4 Å². The summed E-state index contributed by atoms with van der Waals surface area (Å²) in [5.74, 6) is 1.27. The zero-order chi connectivity index (χ0) is 16.9. The Bertz CT molecular complexity index is 679. The Morgan fingerprint density at radius 3 is 3.12 bits per heavy atom. The molecule has 0 unspecified atom stereocenters. The van der Waals surface area contributed by atoms with Crippen LogP contribution in [0.25, 0.3) is 11.5 Å². The highest BCUT2D eigenvalue weighted by molar-refractivity contribution is 5.93. The third-order valence-corrected chi connectivity index (χ3v) is 4.46. The maximum absolute atomic E-state index is 12.2. The lowest BCUT2D eigenvalue weighted by atomic mass is 10.0. The number of aromatic nitrogens is 2. The number of aryl methyl sites for hydroxylation is 1. The van der Waals surface area contributed by atoms with Crippen LogP contribution in [-0.4, -0.2) is 58.4 Å². The molecule has 7 nitrogen and oxygen atoms in total. The molecule has 1 saturated heterocycles. The van der Waals surface area contributed by atoms with Crippen LogP contribution in [-0.2, 0) is 0 Å². The average molecular weight is 332 g/mol. The Morgan fingerprint density at radius 1 is 1.50 bits per heavy atom. The molecule has 2 aromatic heterocycles. The van der Waals surface area contributed by atoms with Crippen LogP contribution in [0.4, 0.5) is 0 Å². The summed E-state index contributed by atoms with van der Waals surface area (Å²) in [6.07, 6.45) is 3.34. The van der Waals surface area contributed by atoms with Crippen LogP contribution in [0.15, 0.2) is 22.6 Å². The third-order valence-electron chi connectivity index (χ3n) is 4.46. The Hall–Kier alpha value is -2.12. The SMILES string of the molecule is Cc1ccc(-c2cc(C(=O)NCCN3CCCC[C@@H]3CO)n[nH]2)o1. The van der Waals surface area contributed by atoms with Gasteiger partial charge >= 0.3 is 0 Å². The molecule has 0 spiro atoms. The van der Waals surface area contributed by atoms with E-state index in [-0.39, 0.29) is 18.6 Å². The van der Waals surface area contributed by atoms with Gasteiger partial charge in [-0.2, -0.15) is 5.10 Å². The van der Waals surface area contributed by atoms with Gasteiger partial charge in [0.2, 0.25) is 0 Å². The Morgan fingerprint density at radius 2 is 2.38 bits per heavy atom. The number of H-pyrrole nitrogens is 1. The van der Waals surface area contributed by atoms with Crippen LogP contribution in [0.1, 0.15) is 35.5 Å². The van der Waals surface area contributed by atoms with Crippen molar-refractivity contribution in [1.29, 1.82) is 0 Å². The minimum Gasteiger partial charge on any atom is -0.460 e. The molecule has 0 radical (unpaired) electrons. The molecule has 3 heterocycles. The van der Waals surface area contributed by atoms with Gasteiger partial charge in [0.25, 0.3) is 5.91 Å². The molecule has 1 amide bonds. The first-order chi connectivity index (χ1) is 11.7. The Balaban J connectivity index is 1.51. The van der Waals surface area contributed by atoms with Crippen molar-refractivity contribution in [3.05, 3.63) is 29.7 Å². The first-order valence-electron chi connectivity index (χ1n) is 8.42. The van der Waals surface area contributed by atoms with Gasteiger partial charge in [-0.1, -0.05) is 6.42 Å². The molecule has 0 aromatic carbocycles. The van der Waals surface area contributed by atoms with Gasteiger partial charge in [-0.25, -0.2) is 0 Å². The number of aromatic amines is 1. The number of amides is 1. The number of hydrogen-bond acceptors (Lipinski definition) is 5. The molecule has 1 fully saturated rings. The molecule has 130 valence electrons. The van der Waals surface area contributed by atoms with Crippen molar-refractivity contribution in [2.75, 3.05) is 26.2 Å². The van der Waals surface area contributed by atoms with Crippen molar-refractivity contribution >= 4 is 5.91 Å². The van der Waals surface area contributed by atoms with Gasteiger partial charge in [-0.3, -0.25) is 14.8 Å². The smallest absolute Gasteiger partial charge is 0.271 e. The van der Waals surface area contributed by atoms with Crippen molar-refractivity contribution in [2.45, 2.75) is 32.2 Å². The molecule has 24 heavy (non-hydrogen) atoms. The largest absolute Gasteiger partial charge is 0.460 e. The maximum atomic E-state index is 12.2. The number of rotatable bonds is 6. The zero-order valence-corrected chi connectivity index (χ0v) is 13.9. The summed E-state index contributed by atoms with van der Waals surface area (Å²) < 4.78 is 5.51. The molecular formula is C17H24N4O3. The second-order valence-corrected chi connectivity index (χ2v) is 6.20. The number of aliphatic hydroxyl groups excluding tert-OH is 1. The van der Waals surface area contributed by atoms with Crippen LogP contribution in [0, 0.1) is 6.92 Å². The topological polar surface area (TPSA) is 94.4 Å². The molecule has 3 N–H and O–H groups in total. The van der Waals surface area contributed by atoms with E-state index in [0.717, 1.165) is 38.1 Å². The summed E-state index contributed by atoms with van der Waals surface area (Å²) in [4.78, 5) is 14.4. The monoisotopic (exact) mass is 332 g/mol. The molecule has 0 aliphatic carbocycles. The van der Waals surface area contributed by atoms with Crippen molar-refractivity contribution in [3.8, 4) is 11.5 Å². The first-order valence-corrected chi connectivity index (χ1v) is 8.42. The Kier molecular flexibility index (Phi) is 5.32. The van der Waals surface area contributed by atoms with Crippen LogP contribution < -0.4 is 5.32 Å². The van der Waals surface area contributed by atoms with Gasteiger partial charge in [0, 0.05) is 25.2 Å². The Labute approximate surface area is 141 Å². The number of hydrogen-bond donors (Lipinski definition) is 3. The van der Waals surface area contributed by atoms with Gasteiger partial charge in [-0.15, -0.1) is 0 Å². The fourth-order valence-electron chi connectivity index (χ4n) is 3.11. The van der Waals surface area contributed by atoms with Gasteiger partial charge in [0.15, 0.2) is 11.5 Å². The predicted octanol–water partition coefficient (Wildman–Crippen LogP) is 1.55. The van der Waals surface area contributed by atoms with E-state index in [1.807, 2.05) is 19.1 Å². The van der Waals surface area contributed by atoms with E-state index in [2.05, 4.69) is 20.4 Å². The van der Waals surface area contributed by atoms with Gasteiger partial charge in [-0.05, 0) is 38.4 Å². The number of furan rings is 1. The maximum Gasteiger partial charge on any atom is 0.271 e. The number of nitrogens with zero attached hydrogens (tertiary/aromatic N) is 2. The highest BCUT2D eigenvalue weighted by atomic mass is 16.3. The highest BCUT2D eigenvalue weighted by Crippen LogP contribution is 2.20. The number of likely N-dealkylation sites (tertiary alicyclic amines) is 1. The average Bonchev–Trinajstić information content (AvgIpc) is 3.24. The quantitative estimate of drug-likeness (QED) is 0.746. The van der Waals surface area contributed by atoms with Crippen LogP contribution in [0.2, 0.25) is 0 Å². The lowest BCUT2D eigenvalue weighted by Crippen LogP contribution is -2.45. The highest BCUT2D eigenvalue weighted by Gasteiger charge is 2.21. The van der Waals surface area contributed by atoms with E-state index in [1.165, 1.54) is 0 Å². The summed E-state index contributed by atoms with van der Waals surface area (Å²) in [5.41, 5.74) is 1.03. The number of nitrogens with one attached hydrogen (secondary N) is 2. The van der Waals surface area contributed by atoms with E-state index < -0.39 is 0 Å². The first kappa shape index (κ1) is 16.7. The summed E-state index contributed by atoms with van der Waals surface area (Å²) in [5, 5.41) is 19.2. The van der Waals surface area contributed by atoms with E-state index in [4.69, 9.17) is 4.42 Å². The number of aliphatic hydroxyl groups is 1. The summed E-state index contributed by atoms with van der Waals surface area (Å²) >= 11 is 0. The number of piperidine rings is 1. The molecule has 0 bridgehead atoms.